The number of ketones is 1. The molecule has 8 nitrogen and oxygen atoms in total. The fourth-order valence-corrected chi connectivity index (χ4v) is 7.36. The molecular formula is C66H51F7Ir4N5O3-5. The van der Waals surface area contributed by atoms with E-state index in [9.17, 15) is 35.5 Å². The van der Waals surface area contributed by atoms with Gasteiger partial charge in [0, 0.05) is 177 Å². The molecule has 0 unspecified atom stereocenters. The summed E-state index contributed by atoms with van der Waals surface area (Å²) in [7, 11) is 3.93. The number of hydrogen-bond donors (Lipinski definition) is 2. The van der Waals surface area contributed by atoms with Crippen LogP contribution in [0, 0.1) is 78.0 Å². The summed E-state index contributed by atoms with van der Waals surface area (Å²) in [6.07, 6.45) is 6.10. The van der Waals surface area contributed by atoms with Crippen molar-refractivity contribution in [3.63, 3.8) is 0 Å². The van der Waals surface area contributed by atoms with Gasteiger partial charge < -0.3 is 35.0 Å². The van der Waals surface area contributed by atoms with E-state index < -0.39 is 34.9 Å². The Balaban J connectivity index is 0.000000377. The number of carbonyl (C=O) groups excluding carboxylic acids is 1. The van der Waals surface area contributed by atoms with E-state index in [0.717, 1.165) is 76.0 Å². The molecule has 2 N–H and O–H groups in total. The Morgan fingerprint density at radius 3 is 1.39 bits per heavy atom. The standard InChI is InChI=1S/C23H15F2N2.C13H8F2O.C13H12FN2.C12H8F2N.C5H8O2.4Ir/c24-17-11-12-21(22(25)15-17)23-16-20(13-14-26-23)27(18-7-3-1-4-8-18)19-9-5-2-6-10-19;14-11-4-5-12(13(15)7-11)10-3-1-2-9(6-10)8-16;1-16(2)12-7-8-15-13(9-12)10-3-5-11(14)6-4-10;1-8-4-5-15-12(6-8)10-3-2-9(13)7-11(10)14;1-4(6)3-5(2)7;;;;/h1-11,13-16H;1-2,4,6-7,16H,8H2;3,5-9H,1-2H3;2,4-7H,1H3;3,6H,1-2H3;;;;/q-1;-2;2*-1;;;;;. The summed E-state index contributed by atoms with van der Waals surface area (Å²) in [4.78, 5) is 26.6. The van der Waals surface area contributed by atoms with Gasteiger partial charge >= 0.3 is 0 Å². The average Bonchev–Trinajstić information content (AvgIpc) is 3.63. The number of allylic oxidation sites excluding steroid dienone is 2. The molecule has 4 radical (unpaired) electrons. The Labute approximate surface area is 544 Å². The van der Waals surface area contributed by atoms with Crippen molar-refractivity contribution < 1.29 is 126 Å². The number of para-hydroxylation sites is 2. The summed E-state index contributed by atoms with van der Waals surface area (Å²) >= 11 is 0. The van der Waals surface area contributed by atoms with E-state index in [0.29, 0.717) is 22.5 Å². The molecule has 0 aliphatic carbocycles. The molecule has 3 heterocycles. The van der Waals surface area contributed by atoms with Crippen molar-refractivity contribution in [3.8, 4) is 44.9 Å². The van der Waals surface area contributed by atoms with Crippen LogP contribution in [-0.2, 0) is 91.8 Å². The normalized spacial score (nSPS) is 10.0. The van der Waals surface area contributed by atoms with Gasteiger partial charge in [0.05, 0.1) is 12.4 Å². The zero-order chi connectivity index (χ0) is 58.4. The number of carbonyl (C=O) groups is 1. The number of aliphatic hydroxyl groups is 2. The number of benzene rings is 7. The number of halogens is 7. The van der Waals surface area contributed by atoms with Crippen molar-refractivity contribution in [1.82, 2.24) is 15.0 Å². The predicted molar refractivity (Wildman–Crippen MR) is 302 cm³/mol. The van der Waals surface area contributed by atoms with E-state index in [-0.39, 0.29) is 121 Å². The van der Waals surface area contributed by atoms with Gasteiger partial charge in [0.1, 0.15) is 0 Å². The number of aliphatic hydroxyl groups excluding tert-OH is 2. The number of hydrogen-bond acceptors (Lipinski definition) is 8. The summed E-state index contributed by atoms with van der Waals surface area (Å²) in [6, 6.07) is 59.1. The largest absolute Gasteiger partial charge is 0.512 e. The number of nitrogens with zero attached hydrogens (tertiary/aromatic N) is 5. The van der Waals surface area contributed by atoms with Crippen LogP contribution in [0.3, 0.4) is 0 Å². The van der Waals surface area contributed by atoms with E-state index in [1.54, 1.807) is 55.0 Å². The number of anilines is 4. The fourth-order valence-electron chi connectivity index (χ4n) is 7.36. The van der Waals surface area contributed by atoms with E-state index >= 15 is 0 Å². The zero-order valence-electron chi connectivity index (χ0n) is 45.7. The third-order valence-electron chi connectivity index (χ3n) is 11.1. The molecule has 0 fully saturated rings. The Hall–Kier alpha value is -7.13. The molecule has 7 aromatic carbocycles. The molecule has 85 heavy (non-hydrogen) atoms. The number of rotatable bonds is 10. The molecule has 0 aliphatic rings. The first-order valence-corrected chi connectivity index (χ1v) is 24.6. The maximum Gasteiger partial charge on any atom is 0.155 e. The van der Waals surface area contributed by atoms with Gasteiger partial charge in [0.2, 0.25) is 0 Å². The van der Waals surface area contributed by atoms with Crippen LogP contribution in [-0.4, -0.2) is 45.0 Å². The number of aryl methyl sites for hydroxylation is 1. The summed E-state index contributed by atoms with van der Waals surface area (Å²) < 4.78 is 92.3. The van der Waals surface area contributed by atoms with Crippen molar-refractivity contribution in [2.24, 2.45) is 0 Å². The van der Waals surface area contributed by atoms with Crippen LogP contribution in [0.1, 0.15) is 25.0 Å². The molecule has 0 spiro atoms. The van der Waals surface area contributed by atoms with Crippen LogP contribution in [0.25, 0.3) is 44.9 Å². The minimum absolute atomic E-state index is 0. The monoisotopic (exact) mass is 1870 g/mol. The maximum absolute atomic E-state index is 14.2. The Morgan fingerprint density at radius 1 is 0.494 bits per heavy atom. The first-order valence-electron chi connectivity index (χ1n) is 24.6. The Kier molecular flexibility index (Phi) is 32.5. The van der Waals surface area contributed by atoms with Crippen LogP contribution >= 0.6 is 0 Å². The number of pyridine rings is 3. The quantitative estimate of drug-likeness (QED) is 0.0604. The molecular weight excluding hydrogens is 1810 g/mol. The minimum Gasteiger partial charge on any atom is -0.512 e. The Morgan fingerprint density at radius 2 is 0.953 bits per heavy atom. The van der Waals surface area contributed by atoms with E-state index in [4.69, 9.17) is 10.2 Å². The minimum atomic E-state index is -0.689. The van der Waals surface area contributed by atoms with Gasteiger partial charge in [-0.3, -0.25) is 35.5 Å². The molecule has 0 saturated heterocycles. The first-order chi connectivity index (χ1) is 38.9. The molecule has 10 rings (SSSR count). The molecule has 448 valence electrons. The first kappa shape index (κ1) is 74.0. The molecule has 0 aliphatic heterocycles. The van der Waals surface area contributed by atoms with Crippen LogP contribution in [0.15, 0.2) is 200 Å². The molecule has 3 aromatic heterocycles. The van der Waals surface area contributed by atoms with Crippen LogP contribution < -0.4 is 9.80 Å². The van der Waals surface area contributed by atoms with Crippen LogP contribution in [0.2, 0.25) is 0 Å². The predicted octanol–water partition coefficient (Wildman–Crippen LogP) is 15.9. The molecule has 0 bridgehead atoms. The van der Waals surface area contributed by atoms with Gasteiger partial charge in [-0.1, -0.05) is 89.5 Å². The van der Waals surface area contributed by atoms with Crippen LogP contribution in [0.5, 0.6) is 0 Å². The van der Waals surface area contributed by atoms with Gasteiger partial charge in [-0.05, 0) is 86.1 Å². The molecule has 0 amide bonds. The van der Waals surface area contributed by atoms with Crippen molar-refractivity contribution >= 4 is 28.5 Å². The fraction of sp³-hybridized carbons (Fsp3) is 0.0909. The maximum atomic E-state index is 14.2. The van der Waals surface area contributed by atoms with Gasteiger partial charge in [0.15, 0.2) is 5.78 Å². The smallest absolute Gasteiger partial charge is 0.155 e. The van der Waals surface area contributed by atoms with Crippen molar-refractivity contribution in [2.45, 2.75) is 27.4 Å². The number of aromatic nitrogens is 3. The van der Waals surface area contributed by atoms with Gasteiger partial charge in [0.25, 0.3) is 0 Å². The zero-order valence-corrected chi connectivity index (χ0v) is 55.3. The summed E-state index contributed by atoms with van der Waals surface area (Å²) in [5, 5.41) is 17.3. The molecule has 0 saturated carbocycles. The molecule has 0 atom stereocenters. The summed E-state index contributed by atoms with van der Waals surface area (Å²) in [6.45, 7) is 4.60. The van der Waals surface area contributed by atoms with Crippen LogP contribution in [0.4, 0.5) is 53.5 Å². The van der Waals surface area contributed by atoms with Crippen molar-refractivity contribution in [2.75, 3.05) is 23.9 Å². The Bertz CT molecular complexity index is 3660. The van der Waals surface area contributed by atoms with Crippen molar-refractivity contribution in [1.29, 1.82) is 0 Å². The SMILES string of the molecule is CC(=O)C=C(C)O.CN(C)c1ccnc(-c2[c-]cc(F)cc2)c1.Cc1ccnc(-c2[c-]cc(F)cc2F)c1.Fc1c[c-]c(-c2cc(N(c3ccccc3)c3ccccc3)ccn2)c(F)c1.OCc1cc[c-]c(-c2[c-]cc(F)cc2F)c1.[Ir].[Ir].[Ir].[Ir]. The third kappa shape index (κ3) is 23.3. The summed E-state index contributed by atoms with van der Waals surface area (Å²) in [5.74, 6) is -4.34. The van der Waals surface area contributed by atoms with E-state index in [1.165, 1.54) is 32.1 Å². The second-order valence-electron chi connectivity index (χ2n) is 17.6. The van der Waals surface area contributed by atoms with Gasteiger partial charge in [-0.15, -0.1) is 71.8 Å². The summed E-state index contributed by atoms with van der Waals surface area (Å²) in [5.41, 5.74) is 8.79. The van der Waals surface area contributed by atoms with E-state index in [2.05, 4.69) is 45.3 Å². The van der Waals surface area contributed by atoms with E-state index in [1.807, 2.05) is 116 Å². The third-order valence-corrected chi connectivity index (χ3v) is 11.1. The average molecular weight is 1860 g/mol. The topological polar surface area (TPSA) is 103 Å². The second-order valence-corrected chi connectivity index (χ2v) is 17.6. The van der Waals surface area contributed by atoms with Gasteiger partial charge in [-0.2, -0.15) is 29.8 Å². The molecule has 10 aromatic rings. The van der Waals surface area contributed by atoms with Crippen molar-refractivity contribution in [3.05, 3.63) is 282 Å². The second kappa shape index (κ2) is 37.3. The van der Waals surface area contributed by atoms with Gasteiger partial charge in [-0.25, -0.2) is 5.56 Å². The molecule has 19 heteroatoms.